The van der Waals surface area contributed by atoms with E-state index in [0.717, 1.165) is 22.3 Å². The summed E-state index contributed by atoms with van der Waals surface area (Å²) in [6.45, 7) is 5.64. The largest absolute Gasteiger partial charge is 0 e. The molecule has 0 aromatic rings. The second-order valence-corrected chi connectivity index (χ2v) is 5.39. The maximum atomic E-state index is 10.8. The Kier molecular flexibility index (Phi) is 9.55. The summed E-state index contributed by atoms with van der Waals surface area (Å²) in [6.07, 6.45) is 7.78. The van der Waals surface area contributed by atoms with Crippen LogP contribution in [0.15, 0.2) is 17.4 Å². The summed E-state index contributed by atoms with van der Waals surface area (Å²) < 4.78 is 6.07. The van der Waals surface area contributed by atoms with Gasteiger partial charge in [0.1, 0.15) is 0 Å². The van der Waals surface area contributed by atoms with Crippen LogP contribution in [0.4, 0.5) is 0 Å². The summed E-state index contributed by atoms with van der Waals surface area (Å²) in [7, 11) is 1.52. The summed E-state index contributed by atoms with van der Waals surface area (Å²) in [6, 6.07) is 0. The number of hydrogen-bond acceptors (Lipinski definition) is 2. The van der Waals surface area contributed by atoms with Gasteiger partial charge in [-0.15, -0.1) is 0 Å². The molecular formula is C13H15O3WY-3. The maximum Gasteiger partial charge on any atom is 0 e. The van der Waals surface area contributed by atoms with Crippen LogP contribution in [0.1, 0.15) is 19.3 Å². The van der Waals surface area contributed by atoms with Crippen LogP contribution >= 0.6 is 0 Å². The van der Waals surface area contributed by atoms with E-state index in [0.29, 0.717) is 5.76 Å². The van der Waals surface area contributed by atoms with Gasteiger partial charge in [-0.1, -0.05) is 0 Å². The molecule has 0 amide bonds. The molecule has 1 rings (SSSR count). The zero-order valence-electron chi connectivity index (χ0n) is 10.3. The van der Waals surface area contributed by atoms with Gasteiger partial charge in [0.15, 0.2) is 0 Å². The second-order valence-electron chi connectivity index (χ2n) is 3.81. The first-order valence-corrected chi connectivity index (χ1v) is 6.79. The molecule has 0 spiro atoms. The summed E-state index contributed by atoms with van der Waals surface area (Å²) in [5.41, 5.74) is 1.08. The number of carboxylic acid groups (broad SMARTS) is 1. The van der Waals surface area contributed by atoms with E-state index in [-0.39, 0.29) is 45.0 Å². The Balaban J connectivity index is 0.00000289. The first-order valence-electron chi connectivity index (χ1n) is 5.32. The standard InChI is InChI=1S/C13H15O3.W.Y/c1-10(16-2)7-11-5-3-4-6-12(8-11)9-13(14)15;;/h1,3,6-7,12H,4-5,9H2,2H3,(H,14,15);;/q-3;;/b11-7-;;. The minimum Gasteiger partial charge on any atom is 0 e. The van der Waals surface area contributed by atoms with Crippen molar-refractivity contribution >= 4 is 9.87 Å². The SMILES string of the molecule is [CH-]=C(/C=C1/C[CH-]C[CH-]C(CC(=O)O)[C]1=[W])OC.[Y]. The molecule has 5 heteroatoms. The molecule has 1 fully saturated rings. The molecule has 1 radical (unpaired) electrons. The zero-order chi connectivity index (χ0) is 12.8. The Morgan fingerprint density at radius 2 is 2.39 bits per heavy atom. The van der Waals surface area contributed by atoms with Crippen LogP contribution in [0.2, 0.25) is 0 Å². The van der Waals surface area contributed by atoms with Crippen molar-refractivity contribution in [1.82, 2.24) is 0 Å². The van der Waals surface area contributed by atoms with E-state index in [4.69, 9.17) is 16.4 Å². The number of ether oxygens (including phenoxy) is 1. The molecule has 97 valence electrons. The van der Waals surface area contributed by atoms with Gasteiger partial charge in [-0.2, -0.15) is 0 Å². The third kappa shape index (κ3) is 6.04. The van der Waals surface area contributed by atoms with Gasteiger partial charge in [-0.05, 0) is 0 Å². The summed E-state index contributed by atoms with van der Waals surface area (Å²) in [5.74, 6) is -0.393. The monoisotopic (exact) mass is 492 g/mol. The van der Waals surface area contributed by atoms with E-state index in [1.165, 1.54) is 26.5 Å². The molecule has 0 aromatic heterocycles. The van der Waals surface area contributed by atoms with E-state index < -0.39 is 5.97 Å². The molecule has 3 nitrogen and oxygen atoms in total. The van der Waals surface area contributed by atoms with Crippen molar-refractivity contribution in [1.29, 1.82) is 0 Å². The fourth-order valence-electron chi connectivity index (χ4n) is 1.67. The normalized spacial score (nSPS) is 21.9. The average Bonchev–Trinajstić information content (AvgIpc) is 2.43. The van der Waals surface area contributed by atoms with Crippen LogP contribution in [0, 0.1) is 25.3 Å². The molecule has 0 saturated heterocycles. The van der Waals surface area contributed by atoms with Gasteiger partial charge in [-0.25, -0.2) is 0 Å². The van der Waals surface area contributed by atoms with Gasteiger partial charge in [-0.3, -0.25) is 0 Å². The van der Waals surface area contributed by atoms with Crippen LogP contribution in [0.25, 0.3) is 0 Å². The Labute approximate surface area is 144 Å². The fraction of sp³-hybridized carbons (Fsp3) is 0.385. The molecule has 1 saturated carbocycles. The third-order valence-electron chi connectivity index (χ3n) is 2.55. The second kappa shape index (κ2) is 9.34. The minimum absolute atomic E-state index is 0. The third-order valence-corrected chi connectivity index (χ3v) is 4.58. The summed E-state index contributed by atoms with van der Waals surface area (Å²) in [5, 5.41) is 8.88. The van der Waals surface area contributed by atoms with Crippen LogP contribution in [0.5, 0.6) is 0 Å². The molecule has 0 aromatic carbocycles. The quantitative estimate of drug-likeness (QED) is 0.371. The Morgan fingerprint density at radius 1 is 1.72 bits per heavy atom. The topological polar surface area (TPSA) is 46.5 Å². The van der Waals surface area contributed by atoms with Gasteiger partial charge in [0, 0.05) is 32.7 Å². The summed E-state index contributed by atoms with van der Waals surface area (Å²) >= 11 is 1.29. The number of methoxy groups -OCH3 is 1. The van der Waals surface area contributed by atoms with Crippen LogP contribution in [-0.2, 0) is 61.6 Å². The Bertz CT molecular complexity index is 363. The molecule has 0 heterocycles. The summed E-state index contributed by atoms with van der Waals surface area (Å²) in [4.78, 5) is 10.8. The van der Waals surface area contributed by atoms with Gasteiger partial charge in [0.2, 0.25) is 0 Å². The predicted octanol–water partition coefficient (Wildman–Crippen LogP) is 1.89. The number of aliphatic carboxylic acids is 1. The molecule has 0 bridgehead atoms. The van der Waals surface area contributed by atoms with Crippen molar-refractivity contribution in [2.24, 2.45) is 5.92 Å². The maximum absolute atomic E-state index is 10.8. The molecule has 1 N–H and O–H groups in total. The van der Waals surface area contributed by atoms with E-state index in [1.807, 2.05) is 0 Å². The molecule has 1 atom stereocenters. The molecule has 18 heavy (non-hydrogen) atoms. The number of allylic oxidation sites excluding steroid dienone is 2. The van der Waals surface area contributed by atoms with Crippen LogP contribution < -0.4 is 0 Å². The van der Waals surface area contributed by atoms with E-state index in [2.05, 4.69) is 12.8 Å². The minimum atomic E-state index is -0.769. The van der Waals surface area contributed by atoms with Crippen molar-refractivity contribution in [3.8, 4) is 0 Å². The van der Waals surface area contributed by atoms with Crippen molar-refractivity contribution in [2.75, 3.05) is 7.11 Å². The van der Waals surface area contributed by atoms with Crippen molar-refractivity contribution in [3.05, 3.63) is 36.8 Å². The van der Waals surface area contributed by atoms with Crippen LogP contribution in [0.3, 0.4) is 0 Å². The van der Waals surface area contributed by atoms with Crippen molar-refractivity contribution in [3.63, 3.8) is 0 Å². The molecule has 1 unspecified atom stereocenters. The molecule has 1 aliphatic carbocycles. The first-order chi connectivity index (χ1) is 8.04. The van der Waals surface area contributed by atoms with Gasteiger partial charge in [0.05, 0.1) is 0 Å². The Hall–Kier alpha value is 0.412. The molecule has 0 aliphatic heterocycles. The van der Waals surface area contributed by atoms with E-state index >= 15 is 0 Å². The van der Waals surface area contributed by atoms with Crippen molar-refractivity contribution < 1.29 is 66.7 Å². The molecule has 1 aliphatic rings. The van der Waals surface area contributed by atoms with Gasteiger partial charge < -0.3 is 0 Å². The molecular weight excluding hydrogens is 477 g/mol. The fourth-order valence-corrected chi connectivity index (χ4v) is 2.83. The predicted molar refractivity (Wildman–Crippen MR) is 61.5 cm³/mol. The Morgan fingerprint density at radius 3 is 2.94 bits per heavy atom. The zero-order valence-corrected chi connectivity index (χ0v) is 16.0. The van der Waals surface area contributed by atoms with Crippen molar-refractivity contribution in [2.45, 2.75) is 19.3 Å². The smallest absolute Gasteiger partial charge is 0 e. The number of carbonyl (C=O) groups is 1. The van der Waals surface area contributed by atoms with Crippen LogP contribution in [-0.4, -0.2) is 22.1 Å². The van der Waals surface area contributed by atoms with E-state index in [1.54, 1.807) is 6.08 Å². The number of hydrogen-bond donors (Lipinski definition) is 1. The number of carboxylic acids is 1. The number of rotatable bonds is 4. The van der Waals surface area contributed by atoms with E-state index in [9.17, 15) is 4.79 Å². The average molecular weight is 492 g/mol. The van der Waals surface area contributed by atoms with Gasteiger partial charge in [0.25, 0.3) is 0 Å². The first kappa shape index (κ1) is 18.4. The van der Waals surface area contributed by atoms with Gasteiger partial charge >= 0.3 is 113 Å².